The van der Waals surface area contributed by atoms with Crippen LogP contribution >= 0.6 is 27.5 Å². The molecular weight excluding hydrogens is 344 g/mol. The van der Waals surface area contributed by atoms with E-state index in [1.165, 1.54) is 12.1 Å². The van der Waals surface area contributed by atoms with Crippen LogP contribution in [-0.2, 0) is 6.54 Å². The van der Waals surface area contributed by atoms with E-state index in [9.17, 15) is 10.1 Å². The van der Waals surface area contributed by atoms with Crippen LogP contribution in [0.2, 0.25) is 5.02 Å². The first-order valence-electron chi connectivity index (χ1n) is 5.91. The highest BCUT2D eigenvalue weighted by atomic mass is 79.9. The first-order valence-corrected chi connectivity index (χ1v) is 7.08. The Morgan fingerprint density at radius 1 is 1.35 bits per heavy atom. The van der Waals surface area contributed by atoms with Crippen molar-refractivity contribution in [1.82, 2.24) is 0 Å². The summed E-state index contributed by atoms with van der Waals surface area (Å²) in [6, 6.07) is 10.4. The van der Waals surface area contributed by atoms with E-state index in [2.05, 4.69) is 21.2 Å². The molecule has 0 fully saturated rings. The fourth-order valence-electron chi connectivity index (χ4n) is 1.78. The monoisotopic (exact) mass is 354 g/mol. The standard InChI is InChI=1S/C14H12BrClN2O2/c1-9-13(16)3-2-4-14(9)17-8-10-5-6-11(18(19)20)7-12(10)15/h2-7,17H,8H2,1H3. The quantitative estimate of drug-likeness (QED) is 0.625. The molecule has 20 heavy (non-hydrogen) atoms. The maximum absolute atomic E-state index is 10.7. The number of hydrogen-bond acceptors (Lipinski definition) is 3. The van der Waals surface area contributed by atoms with Gasteiger partial charge < -0.3 is 5.32 Å². The van der Waals surface area contributed by atoms with Gasteiger partial charge in [0.1, 0.15) is 0 Å². The molecule has 2 aromatic carbocycles. The van der Waals surface area contributed by atoms with Gasteiger partial charge in [-0.1, -0.05) is 33.6 Å². The summed E-state index contributed by atoms with van der Waals surface area (Å²) in [5, 5.41) is 14.7. The van der Waals surface area contributed by atoms with Gasteiger partial charge in [0, 0.05) is 33.9 Å². The van der Waals surface area contributed by atoms with E-state index in [1.807, 2.05) is 25.1 Å². The van der Waals surface area contributed by atoms with Gasteiger partial charge in [0.05, 0.1) is 4.92 Å². The van der Waals surface area contributed by atoms with Gasteiger partial charge >= 0.3 is 0 Å². The number of nitro benzene ring substituents is 1. The maximum atomic E-state index is 10.7. The van der Waals surface area contributed by atoms with Crippen LogP contribution in [0.1, 0.15) is 11.1 Å². The molecule has 0 aliphatic heterocycles. The Morgan fingerprint density at radius 2 is 2.10 bits per heavy atom. The minimum atomic E-state index is -0.414. The molecule has 0 amide bonds. The van der Waals surface area contributed by atoms with Crippen molar-refractivity contribution in [2.24, 2.45) is 0 Å². The molecule has 0 bridgehead atoms. The molecule has 0 atom stereocenters. The summed E-state index contributed by atoms with van der Waals surface area (Å²) in [5.74, 6) is 0. The number of nitro groups is 1. The van der Waals surface area contributed by atoms with Gasteiger partial charge in [-0.3, -0.25) is 10.1 Å². The number of nitrogens with zero attached hydrogens (tertiary/aromatic N) is 1. The Hall–Kier alpha value is -1.59. The maximum Gasteiger partial charge on any atom is 0.270 e. The zero-order chi connectivity index (χ0) is 14.7. The fraction of sp³-hybridized carbons (Fsp3) is 0.143. The SMILES string of the molecule is Cc1c(Cl)cccc1NCc1ccc([N+](=O)[O-])cc1Br. The minimum Gasteiger partial charge on any atom is -0.381 e. The predicted octanol–water partition coefficient (Wildman–Crippen LogP) is 4.93. The Labute approximate surface area is 130 Å². The van der Waals surface area contributed by atoms with E-state index in [-0.39, 0.29) is 5.69 Å². The van der Waals surface area contributed by atoms with E-state index in [0.29, 0.717) is 16.0 Å². The first kappa shape index (κ1) is 14.8. The van der Waals surface area contributed by atoms with Gasteiger partial charge in [0.2, 0.25) is 0 Å². The number of anilines is 1. The molecule has 0 heterocycles. The zero-order valence-corrected chi connectivity index (χ0v) is 13.0. The summed E-state index contributed by atoms with van der Waals surface area (Å²) < 4.78 is 0.707. The molecule has 2 aromatic rings. The summed E-state index contributed by atoms with van der Waals surface area (Å²) in [6.07, 6.45) is 0. The Kier molecular flexibility index (Phi) is 4.62. The molecule has 0 spiro atoms. The molecule has 0 radical (unpaired) electrons. The molecule has 6 heteroatoms. The number of halogens is 2. The molecule has 0 unspecified atom stereocenters. The van der Waals surface area contributed by atoms with Crippen LogP contribution in [0.4, 0.5) is 11.4 Å². The highest BCUT2D eigenvalue weighted by Crippen LogP contribution is 2.26. The second kappa shape index (κ2) is 6.24. The van der Waals surface area contributed by atoms with Gasteiger partial charge in [-0.15, -0.1) is 0 Å². The topological polar surface area (TPSA) is 55.2 Å². The van der Waals surface area contributed by atoms with Crippen LogP contribution in [0.15, 0.2) is 40.9 Å². The summed E-state index contributed by atoms with van der Waals surface area (Å²) in [4.78, 5) is 10.3. The fourth-order valence-corrected chi connectivity index (χ4v) is 2.46. The summed E-state index contributed by atoms with van der Waals surface area (Å²) >= 11 is 9.41. The lowest BCUT2D eigenvalue weighted by molar-refractivity contribution is -0.384. The van der Waals surface area contributed by atoms with E-state index in [4.69, 9.17) is 11.6 Å². The van der Waals surface area contributed by atoms with Gasteiger partial charge in [0.15, 0.2) is 0 Å². The van der Waals surface area contributed by atoms with Crippen molar-refractivity contribution >= 4 is 38.9 Å². The normalized spacial score (nSPS) is 10.3. The molecule has 0 saturated heterocycles. The van der Waals surface area contributed by atoms with E-state index < -0.39 is 4.92 Å². The largest absolute Gasteiger partial charge is 0.381 e. The first-order chi connectivity index (χ1) is 9.49. The highest BCUT2D eigenvalue weighted by Gasteiger charge is 2.09. The molecule has 0 aliphatic rings. The third-order valence-electron chi connectivity index (χ3n) is 2.98. The smallest absolute Gasteiger partial charge is 0.270 e. The van der Waals surface area contributed by atoms with Crippen molar-refractivity contribution in [3.63, 3.8) is 0 Å². The second-order valence-corrected chi connectivity index (χ2v) is 5.56. The second-order valence-electron chi connectivity index (χ2n) is 4.30. The lowest BCUT2D eigenvalue weighted by Crippen LogP contribution is -2.02. The number of rotatable bonds is 4. The molecule has 1 N–H and O–H groups in total. The average molecular weight is 356 g/mol. The summed E-state index contributed by atoms with van der Waals surface area (Å²) in [5.41, 5.74) is 2.93. The highest BCUT2D eigenvalue weighted by molar-refractivity contribution is 9.10. The van der Waals surface area contributed by atoms with Crippen molar-refractivity contribution in [3.05, 3.63) is 67.1 Å². The van der Waals surface area contributed by atoms with Gasteiger partial charge in [-0.25, -0.2) is 0 Å². The Balaban J connectivity index is 2.15. The lowest BCUT2D eigenvalue weighted by Gasteiger charge is -2.11. The number of non-ortho nitro benzene ring substituents is 1. The molecule has 2 rings (SSSR count). The Bertz CT molecular complexity index is 662. The predicted molar refractivity (Wildman–Crippen MR) is 84.3 cm³/mol. The van der Waals surface area contributed by atoms with E-state index >= 15 is 0 Å². The number of hydrogen-bond donors (Lipinski definition) is 1. The van der Waals surface area contributed by atoms with Crippen LogP contribution in [0.5, 0.6) is 0 Å². The number of nitrogens with one attached hydrogen (secondary N) is 1. The van der Waals surface area contributed by atoms with Crippen LogP contribution < -0.4 is 5.32 Å². The molecular formula is C14H12BrClN2O2. The van der Waals surface area contributed by atoms with Crippen LogP contribution in [-0.4, -0.2) is 4.92 Å². The minimum absolute atomic E-state index is 0.0690. The van der Waals surface area contributed by atoms with Crippen molar-refractivity contribution in [1.29, 1.82) is 0 Å². The van der Waals surface area contributed by atoms with Gasteiger partial charge in [-0.05, 0) is 36.2 Å². The number of benzene rings is 2. The Morgan fingerprint density at radius 3 is 2.75 bits per heavy atom. The van der Waals surface area contributed by atoms with Crippen molar-refractivity contribution < 1.29 is 4.92 Å². The van der Waals surface area contributed by atoms with Crippen molar-refractivity contribution in [3.8, 4) is 0 Å². The van der Waals surface area contributed by atoms with Crippen LogP contribution in [0.3, 0.4) is 0 Å². The van der Waals surface area contributed by atoms with E-state index in [0.717, 1.165) is 16.8 Å². The third-order valence-corrected chi connectivity index (χ3v) is 4.13. The average Bonchev–Trinajstić information content (AvgIpc) is 2.41. The lowest BCUT2D eigenvalue weighted by atomic mass is 10.1. The zero-order valence-electron chi connectivity index (χ0n) is 10.7. The van der Waals surface area contributed by atoms with Crippen molar-refractivity contribution in [2.45, 2.75) is 13.5 Å². The summed E-state index contributed by atoms with van der Waals surface area (Å²) in [7, 11) is 0. The van der Waals surface area contributed by atoms with E-state index in [1.54, 1.807) is 6.07 Å². The van der Waals surface area contributed by atoms with Gasteiger partial charge in [0.25, 0.3) is 5.69 Å². The van der Waals surface area contributed by atoms with Crippen LogP contribution in [0.25, 0.3) is 0 Å². The molecule has 0 aliphatic carbocycles. The van der Waals surface area contributed by atoms with Gasteiger partial charge in [-0.2, -0.15) is 0 Å². The summed E-state index contributed by atoms with van der Waals surface area (Å²) in [6.45, 7) is 2.50. The van der Waals surface area contributed by atoms with Crippen molar-refractivity contribution in [2.75, 3.05) is 5.32 Å². The van der Waals surface area contributed by atoms with Crippen LogP contribution in [0, 0.1) is 17.0 Å². The molecule has 104 valence electrons. The molecule has 4 nitrogen and oxygen atoms in total. The molecule has 0 aromatic heterocycles. The molecule has 0 saturated carbocycles. The third kappa shape index (κ3) is 3.29.